The highest BCUT2D eigenvalue weighted by molar-refractivity contribution is 6.16. The maximum Gasteiger partial charge on any atom is 0.332 e. The van der Waals surface area contributed by atoms with Crippen molar-refractivity contribution in [3.63, 3.8) is 0 Å². The van der Waals surface area contributed by atoms with Crippen molar-refractivity contribution in [1.29, 1.82) is 5.26 Å². The summed E-state index contributed by atoms with van der Waals surface area (Å²) in [6, 6.07) is 9.16. The van der Waals surface area contributed by atoms with Gasteiger partial charge in [0.25, 0.3) is 5.56 Å². The number of Topliss-reactive ketones (excluding diaryl/α,β-unsaturated/α-hetero) is 1. The van der Waals surface area contributed by atoms with Gasteiger partial charge in [-0.1, -0.05) is 31.2 Å². The van der Waals surface area contributed by atoms with E-state index in [1.54, 1.807) is 18.2 Å². The van der Waals surface area contributed by atoms with Gasteiger partial charge >= 0.3 is 5.69 Å². The van der Waals surface area contributed by atoms with E-state index < -0.39 is 17.0 Å². The Morgan fingerprint density at radius 1 is 1.20 bits per heavy atom. The highest BCUT2D eigenvalue weighted by Crippen LogP contribution is 2.14. The zero-order valence-electron chi connectivity index (χ0n) is 14.2. The molecule has 0 saturated heterocycles. The van der Waals surface area contributed by atoms with Crippen LogP contribution >= 0.6 is 0 Å². The van der Waals surface area contributed by atoms with Crippen molar-refractivity contribution in [2.75, 3.05) is 5.73 Å². The lowest BCUT2D eigenvalue weighted by atomic mass is 10.0. The van der Waals surface area contributed by atoms with Crippen LogP contribution in [0.5, 0.6) is 0 Å². The third-order valence-corrected chi connectivity index (χ3v) is 4.00. The van der Waals surface area contributed by atoms with Gasteiger partial charge in [-0.3, -0.25) is 18.7 Å². The maximum atomic E-state index is 12.7. The first-order valence-corrected chi connectivity index (χ1v) is 7.62. The summed E-state index contributed by atoms with van der Waals surface area (Å²) in [6.45, 7) is 2.02. The fourth-order valence-electron chi connectivity index (χ4n) is 2.37. The van der Waals surface area contributed by atoms with E-state index in [1.807, 2.05) is 19.1 Å². The molecule has 1 heterocycles. The highest BCUT2D eigenvalue weighted by Gasteiger charge is 2.23. The topological polar surface area (TPSA) is 111 Å². The van der Waals surface area contributed by atoms with E-state index in [0.717, 1.165) is 21.1 Å². The number of nitrogens with two attached hydrogens (primary N) is 1. The van der Waals surface area contributed by atoms with Gasteiger partial charge in [-0.25, -0.2) is 4.79 Å². The van der Waals surface area contributed by atoms with E-state index in [2.05, 4.69) is 0 Å². The van der Waals surface area contributed by atoms with Crippen LogP contribution in [0.2, 0.25) is 0 Å². The number of aryl methyl sites for hydroxylation is 1. The van der Waals surface area contributed by atoms with Gasteiger partial charge in [0.1, 0.15) is 23.0 Å². The summed E-state index contributed by atoms with van der Waals surface area (Å²) in [5.41, 5.74) is 5.46. The van der Waals surface area contributed by atoms with Crippen LogP contribution in [0.4, 0.5) is 5.82 Å². The van der Waals surface area contributed by atoms with Crippen LogP contribution in [0, 0.1) is 11.3 Å². The molecule has 0 radical (unpaired) electrons. The van der Waals surface area contributed by atoms with Crippen molar-refractivity contribution in [3.05, 3.63) is 67.4 Å². The summed E-state index contributed by atoms with van der Waals surface area (Å²) in [7, 11) is 2.60. The third kappa shape index (κ3) is 3.28. The second-order valence-electron chi connectivity index (χ2n) is 5.56. The van der Waals surface area contributed by atoms with Crippen LogP contribution in [-0.2, 0) is 20.5 Å². The standard InChI is InChI=1S/C18H18N4O3/c1-4-11-5-7-12(8-6-11)9-13(10-19)15(23)14-16(20)21(2)18(25)22(3)17(14)24/h5-9H,4,20H2,1-3H3/b13-9+. The molecule has 0 fully saturated rings. The summed E-state index contributed by atoms with van der Waals surface area (Å²) >= 11 is 0. The van der Waals surface area contributed by atoms with Gasteiger partial charge in [0, 0.05) is 14.1 Å². The van der Waals surface area contributed by atoms with Crippen LogP contribution in [0.15, 0.2) is 39.4 Å². The number of nitriles is 1. The molecule has 0 saturated carbocycles. The minimum Gasteiger partial charge on any atom is -0.384 e. The van der Waals surface area contributed by atoms with Crippen LogP contribution in [-0.4, -0.2) is 14.9 Å². The first-order chi connectivity index (χ1) is 11.8. The molecule has 7 nitrogen and oxygen atoms in total. The number of hydrogen-bond acceptors (Lipinski definition) is 5. The van der Waals surface area contributed by atoms with Gasteiger partial charge in [-0.15, -0.1) is 0 Å². The molecule has 0 aliphatic carbocycles. The lowest BCUT2D eigenvalue weighted by Crippen LogP contribution is -2.41. The Labute approximate surface area is 144 Å². The van der Waals surface area contributed by atoms with Crippen molar-refractivity contribution in [2.24, 2.45) is 14.1 Å². The zero-order chi connectivity index (χ0) is 18.7. The lowest BCUT2D eigenvalue weighted by molar-refractivity contribution is 0.103. The number of carbonyl (C=O) groups is 1. The second kappa shape index (κ2) is 7.01. The Morgan fingerprint density at radius 3 is 2.32 bits per heavy atom. The Morgan fingerprint density at radius 2 is 1.80 bits per heavy atom. The van der Waals surface area contributed by atoms with Gasteiger partial charge in [-0.2, -0.15) is 5.26 Å². The zero-order valence-corrected chi connectivity index (χ0v) is 14.2. The molecule has 2 aromatic rings. The highest BCUT2D eigenvalue weighted by atomic mass is 16.2. The number of ketones is 1. The first kappa shape index (κ1) is 17.9. The number of anilines is 1. The number of benzene rings is 1. The fraction of sp³-hybridized carbons (Fsp3) is 0.222. The number of aromatic nitrogens is 2. The normalized spacial score (nSPS) is 11.2. The molecular formula is C18H18N4O3. The van der Waals surface area contributed by atoms with Crippen molar-refractivity contribution in [2.45, 2.75) is 13.3 Å². The van der Waals surface area contributed by atoms with Crippen LogP contribution < -0.4 is 17.0 Å². The molecule has 0 spiro atoms. The number of hydrogen-bond donors (Lipinski definition) is 1. The van der Waals surface area contributed by atoms with Gasteiger partial charge in [0.2, 0.25) is 5.78 Å². The third-order valence-electron chi connectivity index (χ3n) is 4.00. The molecule has 0 aliphatic heterocycles. The molecule has 25 heavy (non-hydrogen) atoms. The summed E-state index contributed by atoms with van der Waals surface area (Å²) in [5, 5.41) is 9.34. The molecule has 2 rings (SSSR count). The van der Waals surface area contributed by atoms with Crippen molar-refractivity contribution in [1.82, 2.24) is 9.13 Å². The molecule has 2 N–H and O–H groups in total. The number of allylic oxidation sites excluding steroid dienone is 1. The Bertz CT molecular complexity index is 1020. The average Bonchev–Trinajstić information content (AvgIpc) is 2.63. The molecule has 0 amide bonds. The quantitative estimate of drug-likeness (QED) is 0.508. The molecule has 1 aromatic heterocycles. The molecule has 0 aliphatic rings. The van der Waals surface area contributed by atoms with E-state index in [0.29, 0.717) is 5.56 Å². The van der Waals surface area contributed by atoms with Crippen LogP contribution in [0.25, 0.3) is 6.08 Å². The van der Waals surface area contributed by atoms with Gasteiger partial charge in [-0.05, 0) is 23.6 Å². The second-order valence-corrected chi connectivity index (χ2v) is 5.56. The lowest BCUT2D eigenvalue weighted by Gasteiger charge is -2.10. The van der Waals surface area contributed by atoms with Crippen molar-refractivity contribution >= 4 is 17.7 Å². The molecule has 128 valence electrons. The molecule has 0 unspecified atom stereocenters. The van der Waals surface area contributed by atoms with Crippen molar-refractivity contribution in [3.8, 4) is 6.07 Å². The fourth-order valence-corrected chi connectivity index (χ4v) is 2.37. The summed E-state index contributed by atoms with van der Waals surface area (Å²) in [4.78, 5) is 36.8. The summed E-state index contributed by atoms with van der Waals surface area (Å²) in [5.74, 6) is -1.07. The van der Waals surface area contributed by atoms with E-state index in [4.69, 9.17) is 5.73 Å². The smallest absolute Gasteiger partial charge is 0.332 e. The molecule has 0 bridgehead atoms. The minimum atomic E-state index is -0.826. The predicted molar refractivity (Wildman–Crippen MR) is 95.1 cm³/mol. The van der Waals surface area contributed by atoms with E-state index in [9.17, 15) is 19.6 Å². The van der Waals surface area contributed by atoms with E-state index in [-0.39, 0.29) is 17.0 Å². The Hall–Kier alpha value is -3.40. The number of rotatable bonds is 4. The Kier molecular flexibility index (Phi) is 5.03. The van der Waals surface area contributed by atoms with E-state index >= 15 is 0 Å². The maximum absolute atomic E-state index is 12.7. The average molecular weight is 338 g/mol. The summed E-state index contributed by atoms with van der Waals surface area (Å²) < 4.78 is 1.79. The van der Waals surface area contributed by atoms with Gasteiger partial charge in [0.15, 0.2) is 0 Å². The molecule has 0 atom stereocenters. The SMILES string of the molecule is CCc1ccc(/C=C(\C#N)C(=O)c2c(N)n(C)c(=O)n(C)c2=O)cc1. The minimum absolute atomic E-state index is 0.230. The van der Waals surface area contributed by atoms with Crippen molar-refractivity contribution < 1.29 is 4.79 Å². The molecule has 1 aromatic carbocycles. The Balaban J connectivity index is 2.58. The van der Waals surface area contributed by atoms with Crippen LogP contribution in [0.3, 0.4) is 0 Å². The summed E-state index contributed by atoms with van der Waals surface area (Å²) in [6.07, 6.45) is 2.27. The monoisotopic (exact) mass is 338 g/mol. The number of carbonyl (C=O) groups excluding carboxylic acids is 1. The number of nitrogen functional groups attached to an aromatic ring is 1. The molecule has 7 heteroatoms. The first-order valence-electron chi connectivity index (χ1n) is 7.62. The number of nitrogens with zero attached hydrogens (tertiary/aromatic N) is 3. The van der Waals surface area contributed by atoms with E-state index in [1.165, 1.54) is 20.2 Å². The molecular weight excluding hydrogens is 320 g/mol. The largest absolute Gasteiger partial charge is 0.384 e. The van der Waals surface area contributed by atoms with Gasteiger partial charge < -0.3 is 5.73 Å². The predicted octanol–water partition coefficient (Wildman–Crippen LogP) is 1.02. The van der Waals surface area contributed by atoms with Crippen LogP contribution in [0.1, 0.15) is 28.4 Å². The van der Waals surface area contributed by atoms with Gasteiger partial charge in [0.05, 0.1) is 0 Å².